The summed E-state index contributed by atoms with van der Waals surface area (Å²) >= 11 is 0. The van der Waals surface area contributed by atoms with Crippen molar-refractivity contribution in [2.24, 2.45) is 0 Å². The molecular weight excluding hydrogens is 218 g/mol. The zero-order valence-corrected chi connectivity index (χ0v) is 10.2. The largest absolute Gasteiger partial charge is 0.478 e. The zero-order chi connectivity index (χ0) is 12.8. The van der Waals surface area contributed by atoms with Crippen LogP contribution in [0.5, 0.6) is 0 Å². The summed E-state index contributed by atoms with van der Waals surface area (Å²) in [5.41, 5.74) is 1.67. The fourth-order valence-electron chi connectivity index (χ4n) is 2.23. The molecule has 0 aliphatic carbocycles. The van der Waals surface area contributed by atoms with Gasteiger partial charge in [0, 0.05) is 24.6 Å². The number of amides is 1. The summed E-state index contributed by atoms with van der Waals surface area (Å²) < 4.78 is 0. The van der Waals surface area contributed by atoms with E-state index in [0.29, 0.717) is 6.42 Å². The van der Waals surface area contributed by atoms with Gasteiger partial charge in [-0.15, -0.1) is 0 Å². The van der Waals surface area contributed by atoms with E-state index in [1.54, 1.807) is 24.1 Å². The predicted molar refractivity (Wildman–Crippen MR) is 64.5 cm³/mol. The molecule has 0 radical (unpaired) electrons. The van der Waals surface area contributed by atoms with Gasteiger partial charge in [-0.3, -0.25) is 4.79 Å². The third-order valence-electron chi connectivity index (χ3n) is 3.30. The maximum absolute atomic E-state index is 11.8. The molecule has 0 saturated heterocycles. The minimum absolute atomic E-state index is 0.0607. The molecule has 1 aromatic rings. The molecule has 1 aliphatic heterocycles. The van der Waals surface area contributed by atoms with E-state index in [9.17, 15) is 9.59 Å². The normalized spacial score (nSPS) is 17.8. The summed E-state index contributed by atoms with van der Waals surface area (Å²) in [7, 11) is 1.72. The summed E-state index contributed by atoms with van der Waals surface area (Å²) in [5, 5.41) is 8.99. The molecule has 0 unspecified atom stereocenters. The Labute approximate surface area is 99.9 Å². The quantitative estimate of drug-likeness (QED) is 0.807. The fraction of sp³-hybridized carbons (Fsp3) is 0.385. The average molecular weight is 233 g/mol. The van der Waals surface area contributed by atoms with Crippen LogP contribution in [0.3, 0.4) is 0 Å². The first-order valence-corrected chi connectivity index (χ1v) is 5.47. The van der Waals surface area contributed by atoms with Gasteiger partial charge in [0.2, 0.25) is 5.91 Å². The number of carbonyl (C=O) groups is 2. The summed E-state index contributed by atoms with van der Waals surface area (Å²) in [6, 6.07) is 4.91. The Balaban J connectivity index is 2.63. The number of hydrogen-bond donors (Lipinski definition) is 1. The fourth-order valence-corrected chi connectivity index (χ4v) is 2.23. The van der Waals surface area contributed by atoms with E-state index in [2.05, 4.69) is 0 Å². The van der Waals surface area contributed by atoms with E-state index in [1.807, 2.05) is 13.8 Å². The molecule has 1 aromatic carbocycles. The van der Waals surface area contributed by atoms with E-state index in [-0.39, 0.29) is 16.9 Å². The third-order valence-corrected chi connectivity index (χ3v) is 3.30. The van der Waals surface area contributed by atoms with Crippen molar-refractivity contribution in [2.75, 3.05) is 11.9 Å². The highest BCUT2D eigenvalue weighted by Gasteiger charge is 2.35. The zero-order valence-electron chi connectivity index (χ0n) is 10.2. The monoisotopic (exact) mass is 233 g/mol. The van der Waals surface area contributed by atoms with E-state index in [1.165, 1.54) is 6.07 Å². The Morgan fingerprint density at radius 2 is 2.06 bits per heavy atom. The number of nitrogens with zero attached hydrogens (tertiary/aromatic N) is 1. The number of anilines is 1. The lowest BCUT2D eigenvalue weighted by molar-refractivity contribution is -0.119. The molecule has 17 heavy (non-hydrogen) atoms. The Morgan fingerprint density at radius 3 is 2.65 bits per heavy atom. The van der Waals surface area contributed by atoms with Gasteiger partial charge in [0.05, 0.1) is 5.56 Å². The lowest BCUT2D eigenvalue weighted by atomic mass is 9.77. The second kappa shape index (κ2) is 3.58. The molecule has 1 N–H and O–H groups in total. The van der Waals surface area contributed by atoms with Crippen molar-refractivity contribution in [3.05, 3.63) is 29.3 Å². The minimum Gasteiger partial charge on any atom is -0.478 e. The summed E-state index contributed by atoms with van der Waals surface area (Å²) in [6.07, 6.45) is 0.402. The molecule has 0 fully saturated rings. The lowest BCUT2D eigenvalue weighted by Crippen LogP contribution is -2.39. The molecule has 1 aliphatic rings. The van der Waals surface area contributed by atoms with Crippen LogP contribution in [-0.2, 0) is 10.2 Å². The Morgan fingerprint density at radius 1 is 1.41 bits per heavy atom. The molecule has 0 aromatic heterocycles. The van der Waals surface area contributed by atoms with Crippen molar-refractivity contribution in [1.29, 1.82) is 0 Å². The van der Waals surface area contributed by atoms with Crippen molar-refractivity contribution in [3.8, 4) is 0 Å². The van der Waals surface area contributed by atoms with Crippen molar-refractivity contribution in [2.45, 2.75) is 25.7 Å². The first-order valence-electron chi connectivity index (χ1n) is 5.47. The number of carbonyl (C=O) groups excluding carboxylic acids is 1. The third kappa shape index (κ3) is 1.79. The highest BCUT2D eigenvalue weighted by molar-refractivity contribution is 5.98. The van der Waals surface area contributed by atoms with Crippen LogP contribution in [0, 0.1) is 0 Å². The van der Waals surface area contributed by atoms with Crippen LogP contribution in [0.15, 0.2) is 18.2 Å². The van der Waals surface area contributed by atoms with E-state index in [0.717, 1.165) is 11.3 Å². The van der Waals surface area contributed by atoms with Crippen LogP contribution in [-0.4, -0.2) is 24.0 Å². The summed E-state index contributed by atoms with van der Waals surface area (Å²) in [6.45, 7) is 3.92. The van der Waals surface area contributed by atoms with E-state index < -0.39 is 5.97 Å². The van der Waals surface area contributed by atoms with Gasteiger partial charge in [0.15, 0.2) is 0 Å². The predicted octanol–water partition coefficient (Wildman–Crippen LogP) is 2.03. The van der Waals surface area contributed by atoms with Gasteiger partial charge in [-0.2, -0.15) is 0 Å². The van der Waals surface area contributed by atoms with Crippen LogP contribution in [0.1, 0.15) is 36.2 Å². The highest BCUT2D eigenvalue weighted by atomic mass is 16.4. The SMILES string of the molecule is CN1C(=O)CC(C)(C)c2cc(C(=O)O)ccc21. The molecule has 0 bridgehead atoms. The van der Waals surface area contributed by atoms with Crippen LogP contribution in [0.25, 0.3) is 0 Å². The minimum atomic E-state index is -0.942. The van der Waals surface area contributed by atoms with E-state index >= 15 is 0 Å². The van der Waals surface area contributed by atoms with Gasteiger partial charge >= 0.3 is 5.97 Å². The molecule has 4 heteroatoms. The maximum atomic E-state index is 11.8. The lowest BCUT2D eigenvalue weighted by Gasteiger charge is -2.37. The number of rotatable bonds is 1. The van der Waals surface area contributed by atoms with Crippen molar-refractivity contribution >= 4 is 17.6 Å². The molecule has 4 nitrogen and oxygen atoms in total. The molecule has 1 heterocycles. The second-order valence-corrected chi connectivity index (χ2v) is 5.05. The highest BCUT2D eigenvalue weighted by Crippen LogP contribution is 2.39. The number of hydrogen-bond acceptors (Lipinski definition) is 2. The van der Waals surface area contributed by atoms with Gasteiger partial charge in [-0.1, -0.05) is 13.8 Å². The average Bonchev–Trinajstić information content (AvgIpc) is 2.25. The van der Waals surface area contributed by atoms with Gasteiger partial charge in [-0.05, 0) is 23.8 Å². The van der Waals surface area contributed by atoms with Crippen molar-refractivity contribution in [1.82, 2.24) is 0 Å². The number of fused-ring (bicyclic) bond motifs is 1. The molecule has 1 amide bonds. The van der Waals surface area contributed by atoms with Gasteiger partial charge in [-0.25, -0.2) is 4.79 Å². The summed E-state index contributed by atoms with van der Waals surface area (Å²) in [5.74, 6) is -0.881. The summed E-state index contributed by atoms with van der Waals surface area (Å²) in [4.78, 5) is 24.4. The molecule has 0 saturated carbocycles. The second-order valence-electron chi connectivity index (χ2n) is 5.05. The number of benzene rings is 1. The topological polar surface area (TPSA) is 57.6 Å². The number of carboxylic acid groups (broad SMARTS) is 1. The van der Waals surface area contributed by atoms with Gasteiger partial charge in [0.1, 0.15) is 0 Å². The standard InChI is InChI=1S/C13H15NO3/c1-13(2)7-11(15)14(3)10-5-4-8(12(16)17)6-9(10)13/h4-6H,7H2,1-3H3,(H,16,17). The molecular formula is C13H15NO3. The van der Waals surface area contributed by atoms with Crippen molar-refractivity contribution in [3.63, 3.8) is 0 Å². The molecule has 0 atom stereocenters. The Hall–Kier alpha value is -1.84. The van der Waals surface area contributed by atoms with Gasteiger partial charge < -0.3 is 10.0 Å². The smallest absolute Gasteiger partial charge is 0.335 e. The molecule has 90 valence electrons. The number of carboxylic acids is 1. The van der Waals surface area contributed by atoms with Crippen LogP contribution in [0.4, 0.5) is 5.69 Å². The first-order chi connectivity index (χ1) is 7.83. The first kappa shape index (κ1) is 11.6. The maximum Gasteiger partial charge on any atom is 0.335 e. The van der Waals surface area contributed by atoms with E-state index in [4.69, 9.17) is 5.11 Å². The van der Waals surface area contributed by atoms with Crippen LogP contribution >= 0.6 is 0 Å². The van der Waals surface area contributed by atoms with Crippen LogP contribution < -0.4 is 4.90 Å². The molecule has 0 spiro atoms. The number of aromatic carboxylic acids is 1. The van der Waals surface area contributed by atoms with Gasteiger partial charge in [0.25, 0.3) is 0 Å². The Kier molecular flexibility index (Phi) is 2.45. The van der Waals surface area contributed by atoms with Crippen LogP contribution in [0.2, 0.25) is 0 Å². The molecule has 2 rings (SSSR count). The van der Waals surface area contributed by atoms with Crippen molar-refractivity contribution < 1.29 is 14.7 Å². The Bertz CT molecular complexity index is 505.